The van der Waals surface area contributed by atoms with Gasteiger partial charge in [-0.15, -0.1) is 24.8 Å². The molecule has 0 unspecified atom stereocenters. The number of pyridine rings is 1. The topological polar surface area (TPSA) is 36.7 Å². The lowest BCUT2D eigenvalue weighted by Crippen LogP contribution is -1.79. The molecular formula is C6H5Cl3N2. The van der Waals surface area contributed by atoms with Crippen molar-refractivity contribution in [2.24, 2.45) is 0 Å². The monoisotopic (exact) mass is 210 g/mol. The number of nitrogens with zero attached hydrogens (tertiary/aromatic N) is 2. The quantitative estimate of drug-likeness (QED) is 0.661. The van der Waals surface area contributed by atoms with E-state index in [1.165, 1.54) is 6.20 Å². The number of hydrogen-bond acceptors (Lipinski definition) is 2. The minimum Gasteiger partial charge on any atom is -0.244 e. The maximum absolute atomic E-state index is 8.32. The standard InChI is InChI=1S/C6H3ClN2.2ClH/c7-5-2-1-3-9-6(5)4-8;;/h1-3H;2*1H. The number of halogens is 3. The van der Waals surface area contributed by atoms with Crippen molar-refractivity contribution in [1.82, 2.24) is 4.98 Å². The highest BCUT2D eigenvalue weighted by Gasteiger charge is 1.94. The van der Waals surface area contributed by atoms with Crippen LogP contribution in [0.1, 0.15) is 5.69 Å². The molecular weight excluding hydrogens is 206 g/mol. The van der Waals surface area contributed by atoms with Crippen molar-refractivity contribution in [3.05, 3.63) is 29.0 Å². The van der Waals surface area contributed by atoms with E-state index in [4.69, 9.17) is 16.9 Å². The number of aromatic nitrogens is 1. The molecule has 0 aliphatic heterocycles. The van der Waals surface area contributed by atoms with Gasteiger partial charge in [-0.2, -0.15) is 5.26 Å². The molecule has 60 valence electrons. The van der Waals surface area contributed by atoms with Crippen LogP contribution >= 0.6 is 36.4 Å². The minimum atomic E-state index is 0. The van der Waals surface area contributed by atoms with E-state index < -0.39 is 0 Å². The van der Waals surface area contributed by atoms with Crippen LogP contribution < -0.4 is 0 Å². The van der Waals surface area contributed by atoms with Crippen LogP contribution in [0.15, 0.2) is 18.3 Å². The Morgan fingerprint density at radius 2 is 2.09 bits per heavy atom. The molecule has 11 heavy (non-hydrogen) atoms. The Morgan fingerprint density at radius 3 is 2.45 bits per heavy atom. The van der Waals surface area contributed by atoms with Crippen molar-refractivity contribution < 1.29 is 0 Å². The molecule has 0 aromatic carbocycles. The van der Waals surface area contributed by atoms with Crippen LogP contribution in [0.4, 0.5) is 0 Å². The van der Waals surface area contributed by atoms with Crippen LogP contribution in [-0.2, 0) is 0 Å². The van der Waals surface area contributed by atoms with Crippen molar-refractivity contribution in [3.8, 4) is 6.07 Å². The normalized spacial score (nSPS) is 6.91. The van der Waals surface area contributed by atoms with E-state index in [-0.39, 0.29) is 30.5 Å². The van der Waals surface area contributed by atoms with Crippen molar-refractivity contribution in [3.63, 3.8) is 0 Å². The predicted molar refractivity (Wildman–Crippen MR) is 48.5 cm³/mol. The molecule has 0 bridgehead atoms. The largest absolute Gasteiger partial charge is 0.244 e. The highest BCUT2D eigenvalue weighted by molar-refractivity contribution is 6.31. The Balaban J connectivity index is 0. The molecule has 0 aliphatic rings. The van der Waals surface area contributed by atoms with Crippen molar-refractivity contribution in [2.45, 2.75) is 0 Å². The third-order valence-corrected chi connectivity index (χ3v) is 1.17. The maximum Gasteiger partial charge on any atom is 0.159 e. The van der Waals surface area contributed by atoms with E-state index in [0.29, 0.717) is 5.02 Å². The van der Waals surface area contributed by atoms with E-state index in [0.717, 1.165) is 0 Å². The zero-order chi connectivity index (χ0) is 6.69. The molecule has 0 spiro atoms. The molecule has 0 amide bonds. The van der Waals surface area contributed by atoms with Crippen molar-refractivity contribution in [2.75, 3.05) is 0 Å². The third-order valence-electron chi connectivity index (χ3n) is 0.864. The fraction of sp³-hybridized carbons (Fsp3) is 0. The zero-order valence-electron chi connectivity index (χ0n) is 5.32. The molecule has 1 heterocycles. The van der Waals surface area contributed by atoms with E-state index in [2.05, 4.69) is 4.98 Å². The fourth-order valence-electron chi connectivity index (χ4n) is 0.468. The van der Waals surface area contributed by atoms with Gasteiger partial charge in [-0.05, 0) is 12.1 Å². The summed E-state index contributed by atoms with van der Waals surface area (Å²) >= 11 is 5.54. The van der Waals surface area contributed by atoms with Crippen LogP contribution in [-0.4, -0.2) is 4.98 Å². The summed E-state index contributed by atoms with van der Waals surface area (Å²) in [6, 6.07) is 5.17. The van der Waals surface area contributed by atoms with E-state index in [1.807, 2.05) is 6.07 Å². The summed E-state index contributed by atoms with van der Waals surface area (Å²) in [4.78, 5) is 3.70. The molecule has 2 nitrogen and oxygen atoms in total. The SMILES string of the molecule is Cl.Cl.N#Cc1ncccc1Cl. The molecule has 1 rings (SSSR count). The average molecular weight is 211 g/mol. The smallest absolute Gasteiger partial charge is 0.159 e. The highest BCUT2D eigenvalue weighted by atomic mass is 35.5. The second-order valence-corrected chi connectivity index (χ2v) is 1.85. The van der Waals surface area contributed by atoms with Crippen LogP contribution in [0.5, 0.6) is 0 Å². The summed E-state index contributed by atoms with van der Waals surface area (Å²) in [6.45, 7) is 0. The van der Waals surface area contributed by atoms with Gasteiger partial charge in [0.2, 0.25) is 0 Å². The van der Waals surface area contributed by atoms with E-state index >= 15 is 0 Å². The molecule has 1 aromatic heterocycles. The van der Waals surface area contributed by atoms with Gasteiger partial charge < -0.3 is 0 Å². The second kappa shape index (κ2) is 6.23. The molecule has 0 radical (unpaired) electrons. The Bertz CT molecular complexity index is 256. The van der Waals surface area contributed by atoms with Crippen LogP contribution in [0.2, 0.25) is 5.02 Å². The Kier molecular flexibility index (Phi) is 7.44. The number of hydrogen-bond donors (Lipinski definition) is 0. The molecule has 0 saturated heterocycles. The first-order valence-electron chi connectivity index (χ1n) is 2.35. The fourth-order valence-corrected chi connectivity index (χ4v) is 0.632. The summed E-state index contributed by atoms with van der Waals surface area (Å²) in [5, 5.41) is 8.72. The summed E-state index contributed by atoms with van der Waals surface area (Å²) in [6.07, 6.45) is 1.53. The highest BCUT2D eigenvalue weighted by Crippen LogP contribution is 2.09. The first kappa shape index (κ1) is 13.1. The Labute approximate surface area is 82.0 Å². The molecule has 0 fully saturated rings. The molecule has 5 heteroatoms. The van der Waals surface area contributed by atoms with Gasteiger partial charge in [0.25, 0.3) is 0 Å². The summed E-state index contributed by atoms with van der Waals surface area (Å²) < 4.78 is 0. The third kappa shape index (κ3) is 3.43. The second-order valence-electron chi connectivity index (χ2n) is 1.45. The minimum absolute atomic E-state index is 0. The number of nitriles is 1. The molecule has 0 atom stereocenters. The summed E-state index contributed by atoms with van der Waals surface area (Å²) in [7, 11) is 0. The Hall–Kier alpha value is -0.490. The van der Waals surface area contributed by atoms with Gasteiger partial charge in [0, 0.05) is 6.20 Å². The van der Waals surface area contributed by atoms with Gasteiger partial charge in [-0.25, -0.2) is 4.98 Å². The first-order chi connectivity index (χ1) is 4.34. The average Bonchev–Trinajstić information content (AvgIpc) is 1.89. The van der Waals surface area contributed by atoms with Crippen LogP contribution in [0.25, 0.3) is 0 Å². The molecule has 0 N–H and O–H groups in total. The van der Waals surface area contributed by atoms with E-state index in [9.17, 15) is 0 Å². The number of rotatable bonds is 0. The lowest BCUT2D eigenvalue weighted by Gasteiger charge is -1.87. The van der Waals surface area contributed by atoms with Gasteiger partial charge in [0.15, 0.2) is 5.69 Å². The first-order valence-corrected chi connectivity index (χ1v) is 2.73. The van der Waals surface area contributed by atoms with Gasteiger partial charge in [0.1, 0.15) is 6.07 Å². The molecule has 0 aliphatic carbocycles. The maximum atomic E-state index is 8.32. The molecule has 0 saturated carbocycles. The molecule has 1 aromatic rings. The van der Waals surface area contributed by atoms with Gasteiger partial charge >= 0.3 is 0 Å². The van der Waals surface area contributed by atoms with Gasteiger partial charge in [-0.3, -0.25) is 0 Å². The zero-order valence-corrected chi connectivity index (χ0v) is 7.71. The van der Waals surface area contributed by atoms with E-state index in [1.54, 1.807) is 12.1 Å². The lowest BCUT2D eigenvalue weighted by molar-refractivity contribution is 1.26. The predicted octanol–water partition coefficient (Wildman–Crippen LogP) is 2.45. The van der Waals surface area contributed by atoms with Crippen molar-refractivity contribution in [1.29, 1.82) is 5.26 Å². The van der Waals surface area contributed by atoms with Crippen molar-refractivity contribution >= 4 is 36.4 Å². The summed E-state index contributed by atoms with van der Waals surface area (Å²) in [5.41, 5.74) is 0.277. The van der Waals surface area contributed by atoms with Crippen LogP contribution in [0.3, 0.4) is 0 Å². The summed E-state index contributed by atoms with van der Waals surface area (Å²) in [5.74, 6) is 0. The van der Waals surface area contributed by atoms with Crippen LogP contribution in [0, 0.1) is 11.3 Å². The lowest BCUT2D eigenvalue weighted by atomic mass is 10.4. The van der Waals surface area contributed by atoms with Gasteiger partial charge in [-0.1, -0.05) is 11.6 Å². The van der Waals surface area contributed by atoms with Gasteiger partial charge in [0.05, 0.1) is 5.02 Å². The Morgan fingerprint density at radius 1 is 1.45 bits per heavy atom.